The molecule has 1 amide bonds. The largest absolute Gasteiger partial charge is 0.484 e. The normalized spacial score (nSPS) is 27.3. The van der Waals surface area contributed by atoms with Crippen LogP contribution in [0.3, 0.4) is 0 Å². The predicted molar refractivity (Wildman–Crippen MR) is 80.6 cm³/mol. The molecular formula is C17H21NO4. The minimum Gasteiger partial charge on any atom is -0.484 e. The third-order valence-corrected chi connectivity index (χ3v) is 4.77. The Balaban J connectivity index is 1.69. The Morgan fingerprint density at radius 3 is 2.64 bits per heavy atom. The number of benzene rings is 1. The molecule has 1 aromatic carbocycles. The highest BCUT2D eigenvalue weighted by Gasteiger charge is 2.47. The van der Waals surface area contributed by atoms with Crippen LogP contribution in [0.15, 0.2) is 30.3 Å². The van der Waals surface area contributed by atoms with Crippen molar-refractivity contribution in [1.82, 2.24) is 4.90 Å². The van der Waals surface area contributed by atoms with Gasteiger partial charge in [0, 0.05) is 6.04 Å². The average molecular weight is 303 g/mol. The van der Waals surface area contributed by atoms with Crippen LogP contribution in [0.25, 0.3) is 0 Å². The van der Waals surface area contributed by atoms with E-state index in [1.165, 1.54) is 0 Å². The number of hydrogen-bond donors (Lipinski definition) is 1. The van der Waals surface area contributed by atoms with Crippen LogP contribution in [0.2, 0.25) is 0 Å². The summed E-state index contributed by atoms with van der Waals surface area (Å²) in [5.41, 5.74) is 0. The van der Waals surface area contributed by atoms with Gasteiger partial charge in [0.25, 0.3) is 5.91 Å². The number of rotatable bonds is 4. The minimum absolute atomic E-state index is 0.0710. The quantitative estimate of drug-likeness (QED) is 0.927. The van der Waals surface area contributed by atoms with Gasteiger partial charge in [-0.1, -0.05) is 31.0 Å². The lowest BCUT2D eigenvalue weighted by molar-refractivity contribution is -0.150. The molecule has 1 heterocycles. The molecule has 2 aliphatic rings. The molecule has 1 aliphatic carbocycles. The number of carboxylic acid groups (broad SMARTS) is 1. The van der Waals surface area contributed by atoms with Gasteiger partial charge < -0.3 is 14.7 Å². The van der Waals surface area contributed by atoms with Crippen molar-refractivity contribution >= 4 is 11.9 Å². The first-order chi connectivity index (χ1) is 10.7. The average Bonchev–Trinajstić information content (AvgIpc) is 2.93. The van der Waals surface area contributed by atoms with Gasteiger partial charge in [-0.2, -0.15) is 0 Å². The van der Waals surface area contributed by atoms with Crippen molar-refractivity contribution in [3.8, 4) is 5.75 Å². The van der Waals surface area contributed by atoms with E-state index in [2.05, 4.69) is 0 Å². The van der Waals surface area contributed by atoms with Crippen molar-refractivity contribution in [2.75, 3.05) is 6.61 Å². The summed E-state index contributed by atoms with van der Waals surface area (Å²) in [6.45, 7) is -0.100. The molecular weight excluding hydrogens is 282 g/mol. The van der Waals surface area contributed by atoms with Crippen LogP contribution in [0, 0.1) is 5.92 Å². The van der Waals surface area contributed by atoms with Gasteiger partial charge in [0.05, 0.1) is 0 Å². The second-order valence-electron chi connectivity index (χ2n) is 6.10. The van der Waals surface area contributed by atoms with Gasteiger partial charge >= 0.3 is 5.97 Å². The molecule has 0 spiro atoms. The first-order valence-corrected chi connectivity index (χ1v) is 7.88. The highest BCUT2D eigenvalue weighted by molar-refractivity contribution is 5.85. The van der Waals surface area contributed by atoms with Crippen molar-refractivity contribution in [3.05, 3.63) is 30.3 Å². The maximum Gasteiger partial charge on any atom is 0.326 e. The Hall–Kier alpha value is -2.04. The van der Waals surface area contributed by atoms with E-state index in [1.807, 2.05) is 18.2 Å². The molecule has 0 unspecified atom stereocenters. The van der Waals surface area contributed by atoms with Crippen LogP contribution in [0.5, 0.6) is 5.75 Å². The fourth-order valence-corrected chi connectivity index (χ4v) is 3.78. The van der Waals surface area contributed by atoms with Crippen molar-refractivity contribution in [1.29, 1.82) is 0 Å². The molecule has 118 valence electrons. The number of ether oxygens (including phenoxy) is 1. The lowest BCUT2D eigenvalue weighted by Crippen LogP contribution is -2.48. The first kappa shape index (κ1) is 14.9. The molecule has 1 saturated carbocycles. The van der Waals surface area contributed by atoms with Crippen molar-refractivity contribution in [2.24, 2.45) is 5.92 Å². The number of hydrogen-bond acceptors (Lipinski definition) is 3. The number of amides is 1. The summed E-state index contributed by atoms with van der Waals surface area (Å²) in [6.07, 6.45) is 4.72. The molecule has 0 aromatic heterocycles. The standard InChI is InChI=1S/C17H21NO4/c19-16(11-22-13-7-2-1-3-8-13)18-14-9-5-4-6-12(14)10-15(18)17(20)21/h1-3,7-8,12,14-15H,4-6,9-11H2,(H,20,21)/t12-,14-,15-/m0/s1. The maximum atomic E-state index is 12.5. The highest BCUT2D eigenvalue weighted by Crippen LogP contribution is 2.39. The summed E-state index contributed by atoms with van der Waals surface area (Å²) < 4.78 is 5.50. The zero-order chi connectivity index (χ0) is 15.5. The van der Waals surface area contributed by atoms with Gasteiger partial charge in [0.2, 0.25) is 0 Å². The Kier molecular flexibility index (Phi) is 4.32. The molecule has 0 radical (unpaired) electrons. The highest BCUT2D eigenvalue weighted by atomic mass is 16.5. The van der Waals surface area contributed by atoms with E-state index < -0.39 is 12.0 Å². The zero-order valence-corrected chi connectivity index (χ0v) is 12.5. The van der Waals surface area contributed by atoms with Crippen molar-refractivity contribution < 1.29 is 19.4 Å². The molecule has 1 saturated heterocycles. The fraction of sp³-hybridized carbons (Fsp3) is 0.529. The van der Waals surface area contributed by atoms with Crippen molar-refractivity contribution in [2.45, 2.75) is 44.2 Å². The van der Waals surface area contributed by atoms with Crippen LogP contribution >= 0.6 is 0 Å². The van der Waals surface area contributed by atoms with E-state index in [4.69, 9.17) is 4.74 Å². The number of carbonyl (C=O) groups excluding carboxylic acids is 1. The van der Waals surface area contributed by atoms with Gasteiger partial charge in [-0.25, -0.2) is 4.79 Å². The lowest BCUT2D eigenvalue weighted by atomic mass is 9.85. The van der Waals surface area contributed by atoms with E-state index in [0.717, 1.165) is 25.7 Å². The van der Waals surface area contributed by atoms with Crippen LogP contribution < -0.4 is 4.74 Å². The van der Waals surface area contributed by atoms with Crippen LogP contribution in [-0.4, -0.2) is 40.6 Å². The molecule has 1 aromatic rings. The molecule has 5 heteroatoms. The fourth-order valence-electron chi connectivity index (χ4n) is 3.78. The SMILES string of the molecule is O=C(O)[C@@H]1C[C@@H]2CCCC[C@@H]2N1C(=O)COc1ccccc1. The smallest absolute Gasteiger partial charge is 0.326 e. The molecule has 22 heavy (non-hydrogen) atoms. The zero-order valence-electron chi connectivity index (χ0n) is 12.5. The van der Waals surface area contributed by atoms with Gasteiger partial charge in [-0.15, -0.1) is 0 Å². The van der Waals surface area contributed by atoms with E-state index in [9.17, 15) is 14.7 Å². The maximum absolute atomic E-state index is 12.5. The second kappa shape index (κ2) is 6.38. The molecule has 3 atom stereocenters. The molecule has 3 rings (SSSR count). The van der Waals surface area contributed by atoms with Gasteiger partial charge in [-0.3, -0.25) is 4.79 Å². The number of nitrogens with zero attached hydrogens (tertiary/aromatic N) is 1. The molecule has 2 fully saturated rings. The molecule has 1 N–H and O–H groups in total. The van der Waals surface area contributed by atoms with E-state index in [-0.39, 0.29) is 18.6 Å². The first-order valence-electron chi connectivity index (χ1n) is 7.88. The molecule has 0 bridgehead atoms. The lowest BCUT2D eigenvalue weighted by Gasteiger charge is -2.32. The number of carbonyl (C=O) groups is 2. The van der Waals surface area contributed by atoms with Crippen LogP contribution in [-0.2, 0) is 9.59 Å². The predicted octanol–water partition coefficient (Wildman–Crippen LogP) is 2.31. The number of aliphatic carboxylic acids is 1. The molecule has 1 aliphatic heterocycles. The Labute approximate surface area is 129 Å². The Bertz CT molecular complexity index is 545. The monoisotopic (exact) mass is 303 g/mol. The Morgan fingerprint density at radius 2 is 1.91 bits per heavy atom. The third-order valence-electron chi connectivity index (χ3n) is 4.77. The summed E-state index contributed by atoms with van der Waals surface area (Å²) in [4.78, 5) is 25.6. The number of para-hydroxylation sites is 1. The van der Waals surface area contributed by atoms with Crippen LogP contribution in [0.4, 0.5) is 0 Å². The minimum atomic E-state index is -0.900. The van der Waals surface area contributed by atoms with Gasteiger partial charge in [0.1, 0.15) is 11.8 Å². The topological polar surface area (TPSA) is 66.8 Å². The summed E-state index contributed by atoms with van der Waals surface area (Å²) in [6, 6.07) is 8.51. The second-order valence-corrected chi connectivity index (χ2v) is 6.10. The molecule has 5 nitrogen and oxygen atoms in total. The summed E-state index contributed by atoms with van der Waals surface area (Å²) in [5.74, 6) is -0.161. The number of carboxylic acids is 1. The van der Waals surface area contributed by atoms with E-state index >= 15 is 0 Å². The number of fused-ring (bicyclic) bond motifs is 1. The van der Waals surface area contributed by atoms with Crippen molar-refractivity contribution in [3.63, 3.8) is 0 Å². The van der Waals surface area contributed by atoms with Gasteiger partial charge in [-0.05, 0) is 37.3 Å². The van der Waals surface area contributed by atoms with Crippen LogP contribution in [0.1, 0.15) is 32.1 Å². The van der Waals surface area contributed by atoms with E-state index in [1.54, 1.807) is 17.0 Å². The Morgan fingerprint density at radius 1 is 1.18 bits per heavy atom. The van der Waals surface area contributed by atoms with Gasteiger partial charge in [0.15, 0.2) is 6.61 Å². The summed E-state index contributed by atoms with van der Waals surface area (Å²) in [5, 5.41) is 9.43. The van der Waals surface area contributed by atoms with E-state index in [0.29, 0.717) is 18.1 Å². The third kappa shape index (κ3) is 2.93. The number of likely N-dealkylation sites (tertiary alicyclic amines) is 1. The summed E-state index contributed by atoms with van der Waals surface area (Å²) >= 11 is 0. The summed E-state index contributed by atoms with van der Waals surface area (Å²) in [7, 11) is 0.